The molecule has 1 fully saturated rings. The summed E-state index contributed by atoms with van der Waals surface area (Å²) in [6, 6.07) is 13.4. The van der Waals surface area contributed by atoms with E-state index in [4.69, 9.17) is 4.74 Å². The fraction of sp³-hybridized carbons (Fsp3) is 0.222. The van der Waals surface area contributed by atoms with E-state index in [-0.39, 0.29) is 12.0 Å². The first kappa shape index (κ1) is 13.8. The van der Waals surface area contributed by atoms with Gasteiger partial charge in [0.2, 0.25) is 5.88 Å². The monoisotopic (exact) mass is 307 g/mol. The first-order valence-corrected chi connectivity index (χ1v) is 7.73. The van der Waals surface area contributed by atoms with Gasteiger partial charge in [-0.15, -0.1) is 0 Å². The van der Waals surface area contributed by atoms with Crippen molar-refractivity contribution >= 4 is 11.4 Å². The van der Waals surface area contributed by atoms with E-state index in [1.165, 1.54) is 0 Å². The lowest BCUT2D eigenvalue weighted by atomic mass is 10.3. The number of fused-ring (bicyclic) bond motifs is 1. The Labute approximate surface area is 134 Å². The van der Waals surface area contributed by atoms with Crippen LogP contribution in [-0.2, 0) is 0 Å². The molecule has 0 radical (unpaired) electrons. The van der Waals surface area contributed by atoms with Gasteiger partial charge in [0.25, 0.3) is 5.91 Å². The minimum absolute atomic E-state index is 0.00545. The molecule has 4 rings (SSSR count). The normalized spacial score (nSPS) is 17.6. The lowest BCUT2D eigenvalue weighted by Gasteiger charge is -2.16. The van der Waals surface area contributed by atoms with Crippen LogP contribution in [0.1, 0.15) is 16.8 Å². The van der Waals surface area contributed by atoms with Gasteiger partial charge < -0.3 is 14.0 Å². The van der Waals surface area contributed by atoms with Crippen LogP contribution in [0.15, 0.2) is 61.1 Å². The van der Waals surface area contributed by atoms with Gasteiger partial charge in [0.15, 0.2) is 0 Å². The molecule has 5 nitrogen and oxygen atoms in total. The number of hydrogen-bond donors (Lipinski definition) is 0. The zero-order valence-electron chi connectivity index (χ0n) is 12.6. The second-order valence-electron chi connectivity index (χ2n) is 5.71. The van der Waals surface area contributed by atoms with Crippen LogP contribution in [0.3, 0.4) is 0 Å². The second kappa shape index (κ2) is 5.76. The Hall–Kier alpha value is -2.82. The van der Waals surface area contributed by atoms with Gasteiger partial charge in [-0.05, 0) is 24.3 Å². The van der Waals surface area contributed by atoms with Gasteiger partial charge in [-0.1, -0.05) is 12.1 Å². The molecule has 0 saturated carbocycles. The van der Waals surface area contributed by atoms with Crippen molar-refractivity contribution in [1.29, 1.82) is 0 Å². The van der Waals surface area contributed by atoms with E-state index in [0.29, 0.717) is 19.0 Å². The minimum atomic E-state index is 0.00545. The third-order valence-corrected chi connectivity index (χ3v) is 4.11. The molecule has 3 aromatic rings. The fourth-order valence-electron chi connectivity index (χ4n) is 2.95. The Morgan fingerprint density at radius 1 is 1.22 bits per heavy atom. The van der Waals surface area contributed by atoms with Crippen LogP contribution in [0.4, 0.5) is 0 Å². The highest BCUT2D eigenvalue weighted by atomic mass is 16.5. The van der Waals surface area contributed by atoms with Gasteiger partial charge in [-0.2, -0.15) is 0 Å². The molecule has 0 N–H and O–H groups in total. The van der Waals surface area contributed by atoms with E-state index in [2.05, 4.69) is 4.98 Å². The number of carbonyl (C=O) groups is 1. The van der Waals surface area contributed by atoms with Crippen LogP contribution in [0.2, 0.25) is 0 Å². The molecule has 0 bridgehead atoms. The van der Waals surface area contributed by atoms with Crippen molar-refractivity contribution in [2.45, 2.75) is 12.5 Å². The SMILES string of the molecule is O=C(c1cc2ccccn2c1)N1CC[C@@H](Oc2ccccn2)C1. The Kier molecular flexibility index (Phi) is 3.46. The molecular formula is C18H17N3O2. The summed E-state index contributed by atoms with van der Waals surface area (Å²) < 4.78 is 7.80. The van der Waals surface area contributed by atoms with Crippen molar-refractivity contribution in [1.82, 2.24) is 14.3 Å². The minimum Gasteiger partial charge on any atom is -0.472 e. The fourth-order valence-corrected chi connectivity index (χ4v) is 2.95. The van der Waals surface area contributed by atoms with Gasteiger partial charge in [0, 0.05) is 43.1 Å². The molecule has 0 unspecified atom stereocenters. The van der Waals surface area contributed by atoms with E-state index >= 15 is 0 Å². The number of amides is 1. The second-order valence-corrected chi connectivity index (χ2v) is 5.71. The highest BCUT2D eigenvalue weighted by Crippen LogP contribution is 2.19. The zero-order chi connectivity index (χ0) is 15.6. The summed E-state index contributed by atoms with van der Waals surface area (Å²) in [4.78, 5) is 18.7. The summed E-state index contributed by atoms with van der Waals surface area (Å²) in [5.41, 5.74) is 1.74. The number of ether oxygens (including phenoxy) is 1. The molecule has 5 heteroatoms. The molecule has 4 heterocycles. The van der Waals surface area contributed by atoms with Crippen molar-refractivity contribution in [2.75, 3.05) is 13.1 Å². The van der Waals surface area contributed by atoms with E-state index < -0.39 is 0 Å². The largest absolute Gasteiger partial charge is 0.472 e. The topological polar surface area (TPSA) is 46.8 Å². The number of hydrogen-bond acceptors (Lipinski definition) is 3. The van der Waals surface area contributed by atoms with Gasteiger partial charge >= 0.3 is 0 Å². The third kappa shape index (κ3) is 2.77. The standard InChI is InChI=1S/C18H17N3O2/c22-18(14-11-15-5-2-4-9-20(15)12-14)21-10-7-16(13-21)23-17-6-1-3-8-19-17/h1-6,8-9,11-12,16H,7,10,13H2/t16-/m1/s1. The summed E-state index contributed by atoms with van der Waals surface area (Å²) in [6.45, 7) is 1.31. The number of rotatable bonds is 3. The Morgan fingerprint density at radius 3 is 2.96 bits per heavy atom. The summed E-state index contributed by atoms with van der Waals surface area (Å²) in [5.74, 6) is 0.669. The molecule has 1 saturated heterocycles. The smallest absolute Gasteiger partial charge is 0.255 e. The zero-order valence-corrected chi connectivity index (χ0v) is 12.6. The molecule has 1 aliphatic rings. The highest BCUT2D eigenvalue weighted by molar-refractivity contribution is 5.95. The van der Waals surface area contributed by atoms with Crippen LogP contribution in [0.5, 0.6) is 5.88 Å². The average Bonchev–Trinajstić information content (AvgIpc) is 3.21. The number of likely N-dealkylation sites (tertiary alicyclic amines) is 1. The first-order valence-electron chi connectivity index (χ1n) is 7.73. The van der Waals surface area contributed by atoms with E-state index in [9.17, 15) is 4.79 Å². The number of aromatic nitrogens is 2. The molecule has 0 spiro atoms. The molecule has 1 amide bonds. The predicted molar refractivity (Wildman–Crippen MR) is 86.6 cm³/mol. The van der Waals surface area contributed by atoms with Crippen molar-refractivity contribution in [3.8, 4) is 5.88 Å². The van der Waals surface area contributed by atoms with Crippen LogP contribution in [-0.4, -0.2) is 39.4 Å². The van der Waals surface area contributed by atoms with E-state index in [1.807, 2.05) is 64.2 Å². The third-order valence-electron chi connectivity index (χ3n) is 4.11. The van der Waals surface area contributed by atoms with Crippen molar-refractivity contribution < 1.29 is 9.53 Å². The summed E-state index contributed by atoms with van der Waals surface area (Å²) in [5, 5.41) is 0. The maximum absolute atomic E-state index is 12.7. The summed E-state index contributed by atoms with van der Waals surface area (Å²) in [7, 11) is 0. The van der Waals surface area contributed by atoms with E-state index in [1.54, 1.807) is 6.20 Å². The van der Waals surface area contributed by atoms with Gasteiger partial charge in [-0.25, -0.2) is 4.98 Å². The maximum Gasteiger partial charge on any atom is 0.255 e. The summed E-state index contributed by atoms with van der Waals surface area (Å²) in [6.07, 6.45) is 6.37. The highest BCUT2D eigenvalue weighted by Gasteiger charge is 2.29. The Bertz CT molecular complexity index is 795. The quantitative estimate of drug-likeness (QED) is 0.747. The number of carbonyl (C=O) groups excluding carboxylic acids is 1. The van der Waals surface area contributed by atoms with Crippen LogP contribution >= 0.6 is 0 Å². The van der Waals surface area contributed by atoms with Gasteiger partial charge in [0.05, 0.1) is 12.1 Å². The van der Waals surface area contributed by atoms with Crippen LogP contribution in [0, 0.1) is 0 Å². The molecule has 116 valence electrons. The lowest BCUT2D eigenvalue weighted by Crippen LogP contribution is -2.30. The van der Waals surface area contributed by atoms with Crippen molar-refractivity contribution in [3.05, 3.63) is 66.6 Å². The Morgan fingerprint density at radius 2 is 2.13 bits per heavy atom. The molecule has 0 aromatic carbocycles. The Balaban J connectivity index is 1.45. The first-order chi connectivity index (χ1) is 11.3. The predicted octanol–water partition coefficient (Wildman–Crippen LogP) is 2.63. The summed E-state index contributed by atoms with van der Waals surface area (Å²) >= 11 is 0. The van der Waals surface area contributed by atoms with Gasteiger partial charge in [-0.3, -0.25) is 4.79 Å². The molecule has 1 atom stereocenters. The van der Waals surface area contributed by atoms with Gasteiger partial charge in [0.1, 0.15) is 6.10 Å². The molecule has 23 heavy (non-hydrogen) atoms. The van der Waals surface area contributed by atoms with Crippen molar-refractivity contribution in [2.24, 2.45) is 0 Å². The molecule has 3 aromatic heterocycles. The van der Waals surface area contributed by atoms with Crippen molar-refractivity contribution in [3.63, 3.8) is 0 Å². The molecule has 0 aliphatic carbocycles. The molecular weight excluding hydrogens is 290 g/mol. The average molecular weight is 307 g/mol. The van der Waals surface area contributed by atoms with Crippen LogP contribution < -0.4 is 4.74 Å². The lowest BCUT2D eigenvalue weighted by molar-refractivity contribution is 0.0771. The van der Waals surface area contributed by atoms with E-state index in [0.717, 1.165) is 17.5 Å². The maximum atomic E-state index is 12.7. The van der Waals surface area contributed by atoms with Crippen LogP contribution in [0.25, 0.3) is 5.52 Å². The number of nitrogens with zero attached hydrogens (tertiary/aromatic N) is 3. The molecule has 1 aliphatic heterocycles. The number of pyridine rings is 2.